The van der Waals surface area contributed by atoms with E-state index in [0.717, 1.165) is 28.7 Å². The van der Waals surface area contributed by atoms with Crippen molar-refractivity contribution in [3.63, 3.8) is 0 Å². The number of likely N-dealkylation sites (tertiary alicyclic amines) is 1. The topological polar surface area (TPSA) is 34.0 Å². The fraction of sp³-hybridized carbons (Fsp3) is 0.529. The maximum absolute atomic E-state index is 12.6. The fourth-order valence-corrected chi connectivity index (χ4v) is 5.11. The number of alkyl halides is 3. The summed E-state index contributed by atoms with van der Waals surface area (Å²) in [6, 6.07) is 8.10. The van der Waals surface area contributed by atoms with Crippen molar-refractivity contribution in [2.75, 3.05) is 19.6 Å². The van der Waals surface area contributed by atoms with Crippen molar-refractivity contribution in [1.82, 2.24) is 19.7 Å². The monoisotopic (exact) mass is 414 g/mol. The van der Waals surface area contributed by atoms with Gasteiger partial charge >= 0.3 is 6.18 Å². The van der Waals surface area contributed by atoms with E-state index >= 15 is 0 Å². The van der Waals surface area contributed by atoms with Crippen molar-refractivity contribution in [3.05, 3.63) is 46.5 Å². The molecule has 8 heteroatoms. The normalized spacial score (nSPS) is 21.8. The molecule has 1 aromatic heterocycles. The molecule has 0 radical (unpaired) electrons. The number of rotatable bonds is 3. The maximum atomic E-state index is 12.6. The number of hydrogen-bond acceptors (Lipinski definition) is 3. The molecule has 2 aliphatic rings. The van der Waals surface area contributed by atoms with Gasteiger partial charge in [0, 0.05) is 24.6 Å². The lowest BCUT2D eigenvalue weighted by Crippen LogP contribution is -2.68. The molecule has 0 atom stereocenters. The molecule has 4 nitrogen and oxygen atoms in total. The lowest BCUT2D eigenvalue weighted by atomic mass is 9.47. The first-order valence-corrected chi connectivity index (χ1v) is 8.90. The van der Waals surface area contributed by atoms with Gasteiger partial charge in [-0.05, 0) is 36.0 Å². The summed E-state index contributed by atoms with van der Waals surface area (Å²) in [7, 11) is 1.91. The molecule has 1 aliphatic heterocycles. The third-order valence-electron chi connectivity index (χ3n) is 5.39. The standard InChI is InChI=1S/C17H18BrF3N4/c1-24-11-22-23-14(24)16(12-3-2-4-13(18)5-12)6-15(7-16)8-25(9-15)10-17(19,20)21/h2-5,11H,6-10H2,1H3. The highest BCUT2D eigenvalue weighted by atomic mass is 79.9. The molecule has 134 valence electrons. The Morgan fingerprint density at radius 3 is 2.52 bits per heavy atom. The largest absolute Gasteiger partial charge is 0.401 e. The van der Waals surface area contributed by atoms with Crippen LogP contribution >= 0.6 is 15.9 Å². The van der Waals surface area contributed by atoms with Crippen molar-refractivity contribution in [3.8, 4) is 0 Å². The molecule has 1 saturated heterocycles. The molecule has 1 aromatic carbocycles. The van der Waals surface area contributed by atoms with E-state index in [1.165, 1.54) is 4.90 Å². The first kappa shape index (κ1) is 17.0. The molecule has 1 spiro atoms. The molecule has 1 saturated carbocycles. The molecular weight excluding hydrogens is 397 g/mol. The van der Waals surface area contributed by atoms with Gasteiger partial charge in [-0.1, -0.05) is 28.1 Å². The Labute approximate surface area is 152 Å². The second kappa shape index (κ2) is 5.54. The van der Waals surface area contributed by atoms with Crippen LogP contribution in [0.25, 0.3) is 0 Å². The second-order valence-electron chi connectivity index (χ2n) is 7.47. The van der Waals surface area contributed by atoms with Crippen molar-refractivity contribution in [1.29, 1.82) is 0 Å². The summed E-state index contributed by atoms with van der Waals surface area (Å²) in [5.41, 5.74) is 0.816. The summed E-state index contributed by atoms with van der Waals surface area (Å²) in [4.78, 5) is 1.49. The van der Waals surface area contributed by atoms with Gasteiger partial charge in [0.25, 0.3) is 0 Å². The van der Waals surface area contributed by atoms with Crippen LogP contribution in [-0.4, -0.2) is 45.5 Å². The van der Waals surface area contributed by atoms with E-state index in [9.17, 15) is 13.2 Å². The third kappa shape index (κ3) is 2.89. The van der Waals surface area contributed by atoms with Gasteiger partial charge in [-0.15, -0.1) is 10.2 Å². The zero-order valence-corrected chi connectivity index (χ0v) is 15.3. The number of aryl methyl sites for hydroxylation is 1. The van der Waals surface area contributed by atoms with E-state index in [1.807, 2.05) is 23.7 Å². The number of benzene rings is 1. The van der Waals surface area contributed by atoms with Gasteiger partial charge in [-0.25, -0.2) is 0 Å². The average molecular weight is 415 g/mol. The predicted molar refractivity (Wildman–Crippen MR) is 90.1 cm³/mol. The number of halogens is 4. The van der Waals surface area contributed by atoms with E-state index in [0.29, 0.717) is 13.1 Å². The highest BCUT2D eigenvalue weighted by molar-refractivity contribution is 9.10. The van der Waals surface area contributed by atoms with Crippen LogP contribution in [-0.2, 0) is 12.5 Å². The van der Waals surface area contributed by atoms with Crippen LogP contribution in [0.15, 0.2) is 35.1 Å². The first-order valence-electron chi connectivity index (χ1n) is 8.11. The van der Waals surface area contributed by atoms with Crippen LogP contribution in [0.1, 0.15) is 24.2 Å². The molecule has 1 aliphatic carbocycles. The SMILES string of the molecule is Cn1cnnc1C1(c2cccc(Br)c2)CC2(CN(CC(F)(F)F)C2)C1. The van der Waals surface area contributed by atoms with E-state index in [2.05, 4.69) is 38.3 Å². The van der Waals surface area contributed by atoms with E-state index < -0.39 is 12.7 Å². The van der Waals surface area contributed by atoms with Crippen LogP contribution in [0.2, 0.25) is 0 Å². The smallest absolute Gasteiger partial charge is 0.320 e. The molecular formula is C17H18BrF3N4. The molecule has 2 heterocycles. The summed E-state index contributed by atoms with van der Waals surface area (Å²) in [5.74, 6) is 0.880. The summed E-state index contributed by atoms with van der Waals surface area (Å²) < 4.78 is 40.6. The minimum atomic E-state index is -4.13. The van der Waals surface area contributed by atoms with E-state index in [1.54, 1.807) is 6.33 Å². The lowest BCUT2D eigenvalue weighted by Gasteiger charge is -2.64. The van der Waals surface area contributed by atoms with Crippen molar-refractivity contribution in [2.24, 2.45) is 12.5 Å². The van der Waals surface area contributed by atoms with Gasteiger partial charge in [-0.2, -0.15) is 13.2 Å². The van der Waals surface area contributed by atoms with Crippen molar-refractivity contribution in [2.45, 2.75) is 24.4 Å². The lowest BCUT2D eigenvalue weighted by molar-refractivity contribution is -0.187. The Bertz CT molecular complexity index is 787. The average Bonchev–Trinajstić information content (AvgIpc) is 2.85. The summed E-state index contributed by atoms with van der Waals surface area (Å²) in [5, 5.41) is 8.34. The number of hydrogen-bond donors (Lipinski definition) is 0. The number of aromatic nitrogens is 3. The van der Waals surface area contributed by atoms with Crippen LogP contribution in [0.4, 0.5) is 13.2 Å². The van der Waals surface area contributed by atoms with Gasteiger partial charge in [0.15, 0.2) is 0 Å². The molecule has 0 amide bonds. The van der Waals surface area contributed by atoms with E-state index in [-0.39, 0.29) is 10.8 Å². The van der Waals surface area contributed by atoms with Crippen LogP contribution < -0.4 is 0 Å². The van der Waals surface area contributed by atoms with Crippen molar-refractivity contribution < 1.29 is 13.2 Å². The highest BCUT2D eigenvalue weighted by Gasteiger charge is 2.63. The molecule has 0 bridgehead atoms. The Morgan fingerprint density at radius 1 is 1.24 bits per heavy atom. The summed E-state index contributed by atoms with van der Waals surface area (Å²) in [6.45, 7) is 0.183. The Kier molecular flexibility index (Phi) is 3.77. The fourth-order valence-electron chi connectivity index (χ4n) is 4.71. The van der Waals surface area contributed by atoms with Gasteiger partial charge in [-0.3, -0.25) is 4.90 Å². The van der Waals surface area contributed by atoms with Crippen LogP contribution in [0, 0.1) is 5.41 Å². The zero-order valence-electron chi connectivity index (χ0n) is 13.7. The van der Waals surface area contributed by atoms with E-state index in [4.69, 9.17) is 0 Å². The quantitative estimate of drug-likeness (QED) is 0.770. The summed E-state index contributed by atoms with van der Waals surface area (Å²) >= 11 is 3.52. The highest BCUT2D eigenvalue weighted by Crippen LogP contribution is 2.62. The predicted octanol–water partition coefficient (Wildman–Crippen LogP) is 3.52. The molecule has 25 heavy (non-hydrogen) atoms. The molecule has 4 rings (SSSR count). The Hall–Kier alpha value is -1.41. The van der Waals surface area contributed by atoms with Crippen molar-refractivity contribution >= 4 is 15.9 Å². The minimum absolute atomic E-state index is 0.0421. The third-order valence-corrected chi connectivity index (χ3v) is 5.88. The van der Waals surface area contributed by atoms with Crippen LogP contribution in [0.5, 0.6) is 0 Å². The van der Waals surface area contributed by atoms with Crippen LogP contribution in [0.3, 0.4) is 0 Å². The van der Waals surface area contributed by atoms with Gasteiger partial charge in [0.05, 0.1) is 12.0 Å². The van der Waals surface area contributed by atoms with Gasteiger partial charge in [0.2, 0.25) is 0 Å². The molecule has 2 aromatic rings. The molecule has 0 N–H and O–H groups in total. The number of nitrogens with zero attached hydrogens (tertiary/aromatic N) is 4. The first-order chi connectivity index (χ1) is 11.7. The minimum Gasteiger partial charge on any atom is -0.320 e. The molecule has 0 unspecified atom stereocenters. The Balaban J connectivity index is 1.59. The second-order valence-corrected chi connectivity index (χ2v) is 8.39. The maximum Gasteiger partial charge on any atom is 0.401 e. The summed E-state index contributed by atoms with van der Waals surface area (Å²) in [6.07, 6.45) is -0.845. The van der Waals surface area contributed by atoms with Gasteiger partial charge < -0.3 is 4.57 Å². The van der Waals surface area contributed by atoms with Gasteiger partial charge in [0.1, 0.15) is 12.2 Å². The Morgan fingerprint density at radius 2 is 1.96 bits per heavy atom. The molecule has 2 fully saturated rings. The zero-order chi connectivity index (χ0) is 17.9.